The summed E-state index contributed by atoms with van der Waals surface area (Å²) in [6.45, 7) is 2.21. The number of hydrogen-bond donors (Lipinski definition) is 2. The molecule has 2 amide bonds. The number of aryl methyl sites for hydroxylation is 1. The second-order valence-electron chi connectivity index (χ2n) is 7.15. The molecule has 0 atom stereocenters. The van der Waals surface area contributed by atoms with E-state index in [0.29, 0.717) is 17.9 Å². The molecule has 6 nitrogen and oxygen atoms in total. The molecule has 0 unspecified atom stereocenters. The van der Waals surface area contributed by atoms with Crippen molar-refractivity contribution in [3.63, 3.8) is 0 Å². The average Bonchev–Trinajstić information content (AvgIpc) is 3.30. The maximum atomic E-state index is 13.0. The maximum absolute atomic E-state index is 13.0. The molecule has 0 bridgehead atoms. The summed E-state index contributed by atoms with van der Waals surface area (Å²) in [7, 11) is 0. The van der Waals surface area contributed by atoms with Gasteiger partial charge in [0.25, 0.3) is 5.91 Å². The molecule has 0 aliphatic carbocycles. The molecule has 3 aromatic rings. The molecule has 8 heteroatoms. The highest BCUT2D eigenvalue weighted by Gasteiger charge is 2.25. The highest BCUT2D eigenvalue weighted by molar-refractivity contribution is 7.98. The van der Waals surface area contributed by atoms with Gasteiger partial charge in [-0.25, -0.2) is 9.07 Å². The zero-order valence-corrected chi connectivity index (χ0v) is 17.3. The van der Waals surface area contributed by atoms with Gasteiger partial charge in [-0.1, -0.05) is 29.8 Å². The van der Waals surface area contributed by atoms with Gasteiger partial charge in [0.05, 0.1) is 5.69 Å². The van der Waals surface area contributed by atoms with Crippen LogP contribution in [-0.2, 0) is 29.4 Å². The van der Waals surface area contributed by atoms with Gasteiger partial charge in [-0.05, 0) is 36.8 Å². The van der Waals surface area contributed by atoms with E-state index in [4.69, 9.17) is 0 Å². The largest absolute Gasteiger partial charge is 0.350 e. The van der Waals surface area contributed by atoms with Gasteiger partial charge >= 0.3 is 0 Å². The van der Waals surface area contributed by atoms with Crippen LogP contribution in [0.3, 0.4) is 0 Å². The highest BCUT2D eigenvalue weighted by atomic mass is 32.2. The number of thioether (sulfide) groups is 1. The quantitative estimate of drug-likeness (QED) is 0.633. The first-order valence-corrected chi connectivity index (χ1v) is 10.7. The normalized spacial score (nSPS) is 12.5. The molecule has 0 spiro atoms. The maximum Gasteiger partial charge on any atom is 0.256 e. The Hall–Kier alpha value is -3.13. The molecule has 2 heterocycles. The van der Waals surface area contributed by atoms with Crippen molar-refractivity contribution in [2.45, 2.75) is 31.5 Å². The van der Waals surface area contributed by atoms with Gasteiger partial charge in [0.1, 0.15) is 18.2 Å². The van der Waals surface area contributed by atoms with E-state index >= 15 is 0 Å². The number of rotatable bonds is 6. The number of benzene rings is 2. The zero-order chi connectivity index (χ0) is 21.1. The van der Waals surface area contributed by atoms with Crippen molar-refractivity contribution in [3.05, 3.63) is 82.3 Å². The lowest BCUT2D eigenvalue weighted by Gasteiger charge is -2.12. The molecule has 0 radical (unpaired) electrons. The Morgan fingerprint density at radius 1 is 1.17 bits per heavy atom. The summed E-state index contributed by atoms with van der Waals surface area (Å²) in [5.74, 6) is 1.29. The first kappa shape index (κ1) is 20.2. The van der Waals surface area contributed by atoms with Crippen molar-refractivity contribution in [1.82, 2.24) is 15.1 Å². The minimum atomic E-state index is -0.317. The van der Waals surface area contributed by atoms with E-state index in [1.165, 1.54) is 12.1 Å². The van der Waals surface area contributed by atoms with Crippen LogP contribution < -0.4 is 10.6 Å². The van der Waals surface area contributed by atoms with Crippen LogP contribution in [0.2, 0.25) is 0 Å². The molecule has 154 valence electrons. The predicted molar refractivity (Wildman–Crippen MR) is 115 cm³/mol. The molecule has 0 saturated carbocycles. The fraction of sp³-hybridized carbons (Fsp3) is 0.227. The number of halogens is 1. The van der Waals surface area contributed by atoms with Crippen molar-refractivity contribution in [2.24, 2.45) is 0 Å². The van der Waals surface area contributed by atoms with E-state index in [0.717, 1.165) is 33.9 Å². The van der Waals surface area contributed by atoms with Crippen LogP contribution in [0.15, 0.2) is 48.5 Å². The van der Waals surface area contributed by atoms with Crippen LogP contribution >= 0.6 is 11.8 Å². The Morgan fingerprint density at radius 2 is 1.97 bits per heavy atom. The van der Waals surface area contributed by atoms with Gasteiger partial charge in [0.2, 0.25) is 5.91 Å². The Morgan fingerprint density at radius 3 is 2.73 bits per heavy atom. The molecule has 1 aliphatic rings. The van der Waals surface area contributed by atoms with Crippen molar-refractivity contribution in [2.75, 3.05) is 5.32 Å². The van der Waals surface area contributed by atoms with Gasteiger partial charge in [-0.2, -0.15) is 16.9 Å². The fourth-order valence-corrected chi connectivity index (χ4v) is 4.32. The molecular weight excluding hydrogens is 403 g/mol. The van der Waals surface area contributed by atoms with Gasteiger partial charge in [-0.15, -0.1) is 0 Å². The molecule has 2 N–H and O–H groups in total. The lowest BCUT2D eigenvalue weighted by molar-refractivity contribution is -0.122. The lowest BCUT2D eigenvalue weighted by Crippen LogP contribution is -2.28. The van der Waals surface area contributed by atoms with Crippen molar-refractivity contribution < 1.29 is 14.0 Å². The third-order valence-corrected chi connectivity index (χ3v) is 5.80. The molecular formula is C22H21FN4O2S. The third-order valence-electron chi connectivity index (χ3n) is 4.83. The number of carbonyl (C=O) groups excluding carboxylic acids is 2. The third kappa shape index (κ3) is 4.54. The summed E-state index contributed by atoms with van der Waals surface area (Å²) in [4.78, 5) is 25.2. The van der Waals surface area contributed by atoms with Crippen LogP contribution in [0.4, 0.5) is 10.2 Å². The standard InChI is InChI=1S/C22H21FN4O2S/c1-14-3-2-4-16(9-14)22(29)25-21-18-12-30-13-19(18)26-27(21)11-20(28)24-10-15-5-7-17(23)8-6-15/h2-9H,10-13H2,1H3,(H,24,28)(H,25,29). The highest BCUT2D eigenvalue weighted by Crippen LogP contribution is 2.34. The zero-order valence-electron chi connectivity index (χ0n) is 16.4. The number of fused-ring (bicyclic) bond motifs is 1. The molecule has 2 aromatic carbocycles. The van der Waals surface area contributed by atoms with Crippen LogP contribution in [0.25, 0.3) is 0 Å². The summed E-state index contributed by atoms with van der Waals surface area (Å²) in [6.07, 6.45) is 0. The molecule has 0 saturated heterocycles. The van der Waals surface area contributed by atoms with E-state index in [9.17, 15) is 14.0 Å². The number of nitrogens with one attached hydrogen (secondary N) is 2. The number of aromatic nitrogens is 2. The number of carbonyl (C=O) groups is 2. The SMILES string of the molecule is Cc1cccc(C(=O)Nc2c3c(nn2CC(=O)NCc2ccc(F)cc2)CSC3)c1. The summed E-state index contributed by atoms with van der Waals surface area (Å²) in [6, 6.07) is 13.3. The monoisotopic (exact) mass is 424 g/mol. The Balaban J connectivity index is 1.47. The summed E-state index contributed by atoms with van der Waals surface area (Å²) in [5, 5.41) is 10.3. The van der Waals surface area contributed by atoms with Gasteiger partial charge in [0, 0.05) is 29.2 Å². The first-order valence-electron chi connectivity index (χ1n) is 9.55. The second kappa shape index (κ2) is 8.71. The van der Waals surface area contributed by atoms with E-state index < -0.39 is 0 Å². The molecule has 30 heavy (non-hydrogen) atoms. The molecule has 0 fully saturated rings. The smallest absolute Gasteiger partial charge is 0.256 e. The van der Waals surface area contributed by atoms with Crippen molar-refractivity contribution in [3.8, 4) is 0 Å². The van der Waals surface area contributed by atoms with Gasteiger partial charge in [0.15, 0.2) is 0 Å². The minimum Gasteiger partial charge on any atom is -0.350 e. The summed E-state index contributed by atoms with van der Waals surface area (Å²) in [5.41, 5.74) is 4.22. The van der Waals surface area contributed by atoms with Gasteiger partial charge < -0.3 is 10.6 Å². The Kier molecular flexibility index (Phi) is 5.85. The van der Waals surface area contributed by atoms with Crippen LogP contribution in [0, 0.1) is 12.7 Å². The summed E-state index contributed by atoms with van der Waals surface area (Å²) >= 11 is 1.73. The van der Waals surface area contributed by atoms with Crippen LogP contribution in [0.1, 0.15) is 32.7 Å². The Bertz CT molecular complexity index is 1100. The number of hydrogen-bond acceptors (Lipinski definition) is 4. The lowest BCUT2D eigenvalue weighted by atomic mass is 10.1. The van der Waals surface area contributed by atoms with Crippen LogP contribution in [0.5, 0.6) is 0 Å². The first-order chi connectivity index (χ1) is 14.5. The van der Waals surface area contributed by atoms with E-state index in [2.05, 4.69) is 15.7 Å². The van der Waals surface area contributed by atoms with Crippen molar-refractivity contribution >= 4 is 29.4 Å². The van der Waals surface area contributed by atoms with Crippen LogP contribution in [-0.4, -0.2) is 21.6 Å². The average molecular weight is 425 g/mol. The van der Waals surface area contributed by atoms with Crippen molar-refractivity contribution in [1.29, 1.82) is 0 Å². The Labute approximate surface area is 177 Å². The van der Waals surface area contributed by atoms with Gasteiger partial charge in [-0.3, -0.25) is 9.59 Å². The minimum absolute atomic E-state index is 0.0116. The summed E-state index contributed by atoms with van der Waals surface area (Å²) < 4.78 is 14.6. The fourth-order valence-electron chi connectivity index (χ4n) is 3.28. The van der Waals surface area contributed by atoms with E-state index in [-0.39, 0.29) is 24.2 Å². The second-order valence-corrected chi connectivity index (χ2v) is 8.14. The number of nitrogens with zero attached hydrogens (tertiary/aromatic N) is 2. The molecule has 1 aliphatic heterocycles. The van der Waals surface area contributed by atoms with E-state index in [1.807, 2.05) is 25.1 Å². The molecule has 1 aromatic heterocycles. The number of amides is 2. The number of anilines is 1. The predicted octanol–water partition coefficient (Wildman–Crippen LogP) is 3.65. The topological polar surface area (TPSA) is 76.0 Å². The van der Waals surface area contributed by atoms with E-state index in [1.54, 1.807) is 34.6 Å². The molecule has 4 rings (SSSR count).